The highest BCUT2D eigenvalue weighted by atomic mass is 127. The molecule has 1 heterocycles. The van der Waals surface area contributed by atoms with Gasteiger partial charge in [0.25, 0.3) is 0 Å². The van der Waals surface area contributed by atoms with E-state index in [0.29, 0.717) is 6.61 Å². The van der Waals surface area contributed by atoms with Gasteiger partial charge in [-0.2, -0.15) is 0 Å². The quantitative estimate of drug-likeness (QED) is 0.285. The third-order valence-corrected chi connectivity index (χ3v) is 5.66. The number of ether oxygens (including phenoxy) is 2. The van der Waals surface area contributed by atoms with Crippen molar-refractivity contribution in [1.82, 2.24) is 10.2 Å². The Morgan fingerprint density at radius 2 is 1.77 bits per heavy atom. The normalized spacial score (nSPS) is 14.6. The first-order valence-electron chi connectivity index (χ1n) is 11.0. The van der Waals surface area contributed by atoms with E-state index in [-0.39, 0.29) is 24.0 Å². The van der Waals surface area contributed by atoms with E-state index in [2.05, 4.69) is 46.5 Å². The van der Waals surface area contributed by atoms with Gasteiger partial charge in [0.05, 0.1) is 0 Å². The van der Waals surface area contributed by atoms with Crippen LogP contribution in [0.3, 0.4) is 0 Å². The van der Waals surface area contributed by atoms with Gasteiger partial charge in [0.15, 0.2) is 5.96 Å². The van der Waals surface area contributed by atoms with Crippen molar-refractivity contribution >= 4 is 29.9 Å². The largest absolute Gasteiger partial charge is 0.489 e. The van der Waals surface area contributed by atoms with Crippen molar-refractivity contribution in [3.8, 4) is 5.75 Å². The third-order valence-electron chi connectivity index (χ3n) is 5.66. The first-order chi connectivity index (χ1) is 14.7. The van der Waals surface area contributed by atoms with E-state index in [1.165, 1.54) is 30.4 Å². The van der Waals surface area contributed by atoms with Crippen LogP contribution in [0.15, 0.2) is 59.6 Å². The Bertz CT molecular complexity index is 762. The lowest BCUT2D eigenvalue weighted by molar-refractivity contribution is 0.0625. The minimum atomic E-state index is 0. The maximum atomic E-state index is 5.87. The fraction of sp³-hybridized carbons (Fsp3) is 0.480. The van der Waals surface area contributed by atoms with Crippen LogP contribution in [-0.2, 0) is 17.8 Å². The molecule has 0 radical (unpaired) electrons. The SMILES string of the molecule is CN=C(NCCc1ccc(OCc2ccccc2)cc1)N(C)CCC1CCOCC1.I. The Hall–Kier alpha value is -1.80. The van der Waals surface area contributed by atoms with Gasteiger partial charge in [-0.15, -0.1) is 24.0 Å². The van der Waals surface area contributed by atoms with E-state index in [0.717, 1.165) is 50.4 Å². The molecule has 2 aromatic rings. The van der Waals surface area contributed by atoms with Crippen LogP contribution in [0, 0.1) is 5.92 Å². The Labute approximate surface area is 204 Å². The summed E-state index contributed by atoms with van der Waals surface area (Å²) in [6, 6.07) is 18.6. The van der Waals surface area contributed by atoms with Gasteiger partial charge in [-0.05, 0) is 54.9 Å². The highest BCUT2D eigenvalue weighted by molar-refractivity contribution is 14.0. The molecule has 1 fully saturated rings. The third kappa shape index (κ3) is 9.07. The summed E-state index contributed by atoms with van der Waals surface area (Å²) >= 11 is 0. The summed E-state index contributed by atoms with van der Waals surface area (Å²) < 4.78 is 11.3. The van der Waals surface area contributed by atoms with Crippen molar-refractivity contribution in [2.75, 3.05) is 40.4 Å². The number of rotatable bonds is 9. The summed E-state index contributed by atoms with van der Waals surface area (Å²) in [6.45, 7) is 4.31. The monoisotopic (exact) mass is 537 g/mol. The molecule has 6 heteroatoms. The van der Waals surface area contributed by atoms with E-state index in [1.54, 1.807) is 0 Å². The standard InChI is InChI=1S/C25H35N3O2.HI/c1-26-25(28(2)17-13-22-14-18-29-19-15-22)27-16-12-21-8-10-24(11-9-21)30-20-23-6-4-3-5-7-23;/h3-11,22H,12-20H2,1-2H3,(H,26,27);1H. The molecule has 1 N–H and O–H groups in total. The molecule has 2 aromatic carbocycles. The van der Waals surface area contributed by atoms with Crippen molar-refractivity contribution in [3.63, 3.8) is 0 Å². The molecule has 0 spiro atoms. The maximum Gasteiger partial charge on any atom is 0.193 e. The van der Waals surface area contributed by atoms with Crippen LogP contribution in [0.1, 0.15) is 30.4 Å². The molecule has 3 rings (SSSR count). The van der Waals surface area contributed by atoms with Gasteiger partial charge >= 0.3 is 0 Å². The van der Waals surface area contributed by atoms with Crippen molar-refractivity contribution in [2.45, 2.75) is 32.3 Å². The molecule has 1 saturated heterocycles. The fourth-order valence-electron chi connectivity index (χ4n) is 3.71. The van der Waals surface area contributed by atoms with Gasteiger partial charge in [0, 0.05) is 40.4 Å². The lowest BCUT2D eigenvalue weighted by Gasteiger charge is -2.26. The van der Waals surface area contributed by atoms with Crippen LogP contribution < -0.4 is 10.1 Å². The number of hydrogen-bond acceptors (Lipinski definition) is 3. The molecule has 1 aliphatic heterocycles. The molecular weight excluding hydrogens is 501 g/mol. The van der Waals surface area contributed by atoms with Crippen molar-refractivity contribution in [3.05, 3.63) is 65.7 Å². The maximum absolute atomic E-state index is 5.87. The van der Waals surface area contributed by atoms with Crippen LogP contribution >= 0.6 is 24.0 Å². The van der Waals surface area contributed by atoms with Crippen LogP contribution in [0.2, 0.25) is 0 Å². The molecule has 0 saturated carbocycles. The molecule has 0 bridgehead atoms. The van der Waals surface area contributed by atoms with Crippen molar-refractivity contribution in [2.24, 2.45) is 10.9 Å². The van der Waals surface area contributed by atoms with Gasteiger partial charge in [-0.25, -0.2) is 0 Å². The van der Waals surface area contributed by atoms with Gasteiger partial charge in [-0.3, -0.25) is 4.99 Å². The topological polar surface area (TPSA) is 46.1 Å². The first-order valence-corrected chi connectivity index (χ1v) is 11.0. The van der Waals surface area contributed by atoms with Crippen LogP contribution in [-0.4, -0.2) is 51.3 Å². The molecule has 1 aliphatic rings. The number of nitrogens with zero attached hydrogens (tertiary/aromatic N) is 2. The summed E-state index contributed by atoms with van der Waals surface area (Å²) in [5, 5.41) is 3.49. The summed E-state index contributed by atoms with van der Waals surface area (Å²) in [5.41, 5.74) is 2.47. The zero-order chi connectivity index (χ0) is 21.0. The first kappa shape index (κ1) is 25.5. The summed E-state index contributed by atoms with van der Waals surface area (Å²) in [6.07, 6.45) is 4.52. The molecule has 5 nitrogen and oxygen atoms in total. The zero-order valence-electron chi connectivity index (χ0n) is 18.8. The van der Waals surface area contributed by atoms with Gasteiger partial charge in [0.1, 0.15) is 12.4 Å². The minimum absolute atomic E-state index is 0. The summed E-state index contributed by atoms with van der Waals surface area (Å²) in [5.74, 6) is 2.64. The lowest BCUT2D eigenvalue weighted by atomic mass is 9.96. The summed E-state index contributed by atoms with van der Waals surface area (Å²) in [4.78, 5) is 6.67. The van der Waals surface area contributed by atoms with E-state index in [1.807, 2.05) is 37.4 Å². The Morgan fingerprint density at radius 1 is 1.06 bits per heavy atom. The average molecular weight is 537 g/mol. The minimum Gasteiger partial charge on any atom is -0.489 e. The average Bonchev–Trinajstić information content (AvgIpc) is 2.81. The zero-order valence-corrected chi connectivity index (χ0v) is 21.1. The highest BCUT2D eigenvalue weighted by Gasteiger charge is 2.15. The van der Waals surface area contributed by atoms with Gasteiger partial charge < -0.3 is 19.7 Å². The Kier molecular flexibility index (Phi) is 11.7. The Balaban J connectivity index is 0.00000341. The molecule has 0 unspecified atom stereocenters. The molecule has 0 aliphatic carbocycles. The second-order valence-corrected chi connectivity index (χ2v) is 7.91. The predicted molar refractivity (Wildman–Crippen MR) is 138 cm³/mol. The molecule has 0 atom stereocenters. The number of guanidine groups is 1. The van der Waals surface area contributed by atoms with E-state index >= 15 is 0 Å². The molecule has 0 aromatic heterocycles. The van der Waals surface area contributed by atoms with Gasteiger partial charge in [0.2, 0.25) is 0 Å². The molecular formula is C25H36IN3O2. The molecule has 170 valence electrons. The second-order valence-electron chi connectivity index (χ2n) is 7.91. The Morgan fingerprint density at radius 3 is 2.45 bits per heavy atom. The van der Waals surface area contributed by atoms with Crippen molar-refractivity contribution < 1.29 is 9.47 Å². The highest BCUT2D eigenvalue weighted by Crippen LogP contribution is 2.18. The van der Waals surface area contributed by atoms with E-state index in [9.17, 15) is 0 Å². The second kappa shape index (κ2) is 14.3. The van der Waals surface area contributed by atoms with Crippen LogP contribution in [0.4, 0.5) is 0 Å². The fourth-order valence-corrected chi connectivity index (χ4v) is 3.71. The van der Waals surface area contributed by atoms with Crippen molar-refractivity contribution in [1.29, 1.82) is 0 Å². The molecule has 0 amide bonds. The van der Waals surface area contributed by atoms with E-state index < -0.39 is 0 Å². The number of benzene rings is 2. The van der Waals surface area contributed by atoms with Crippen LogP contribution in [0.5, 0.6) is 5.75 Å². The number of hydrogen-bond donors (Lipinski definition) is 1. The predicted octanol–water partition coefficient (Wildman–Crippen LogP) is 4.75. The number of aliphatic imine (C=N–C) groups is 1. The van der Waals surface area contributed by atoms with Crippen LogP contribution in [0.25, 0.3) is 0 Å². The summed E-state index contributed by atoms with van der Waals surface area (Å²) in [7, 11) is 3.97. The lowest BCUT2D eigenvalue weighted by Crippen LogP contribution is -2.40. The molecule has 31 heavy (non-hydrogen) atoms. The number of nitrogens with one attached hydrogen (secondary N) is 1. The number of halogens is 1. The van der Waals surface area contributed by atoms with Gasteiger partial charge in [-0.1, -0.05) is 42.5 Å². The van der Waals surface area contributed by atoms with E-state index in [4.69, 9.17) is 9.47 Å². The smallest absolute Gasteiger partial charge is 0.193 e.